The maximum Gasteiger partial charge on any atom is 0.121 e. The number of anilines is 1. The molecule has 1 aromatic rings. The van der Waals surface area contributed by atoms with Gasteiger partial charge in [0.25, 0.3) is 0 Å². The smallest absolute Gasteiger partial charge is 0.121 e. The fourth-order valence-corrected chi connectivity index (χ4v) is 2.25. The van der Waals surface area contributed by atoms with Crippen LogP contribution in [-0.2, 0) is 14.2 Å². The number of nitrogens with zero attached hydrogens (tertiary/aromatic N) is 1. The Morgan fingerprint density at radius 3 is 2.25 bits per heavy atom. The fraction of sp³-hybridized carbons (Fsp3) is 0.600. The van der Waals surface area contributed by atoms with Gasteiger partial charge in [-0.05, 0) is 12.1 Å². The quantitative estimate of drug-likeness (QED) is 0.665. The second-order valence-corrected chi connectivity index (χ2v) is 5.58. The van der Waals surface area contributed by atoms with Gasteiger partial charge in [-0.15, -0.1) is 0 Å². The summed E-state index contributed by atoms with van der Waals surface area (Å²) in [5.74, 6) is 0.899. The highest BCUT2D eigenvalue weighted by molar-refractivity contribution is 5.51. The Morgan fingerprint density at radius 1 is 1.00 bits per heavy atom. The Morgan fingerprint density at radius 2 is 1.65 bits per heavy atom. The lowest BCUT2D eigenvalue weighted by Gasteiger charge is -2.23. The molecule has 0 spiro atoms. The van der Waals surface area contributed by atoms with Crippen LogP contribution in [0.2, 0.25) is 0 Å². The SMILES string of the molecule is c1cc(OCC2CO2)cc(N(CC2CO2)CC2CO2)c1. The highest BCUT2D eigenvalue weighted by Crippen LogP contribution is 2.26. The Bertz CT molecular complexity index is 455. The van der Waals surface area contributed by atoms with Crippen molar-refractivity contribution in [3.05, 3.63) is 24.3 Å². The molecule has 20 heavy (non-hydrogen) atoms. The third kappa shape index (κ3) is 3.42. The van der Waals surface area contributed by atoms with E-state index in [1.54, 1.807) is 0 Å². The summed E-state index contributed by atoms with van der Waals surface area (Å²) < 4.78 is 21.6. The number of ether oxygens (including phenoxy) is 4. The molecule has 3 atom stereocenters. The molecule has 3 saturated heterocycles. The van der Waals surface area contributed by atoms with E-state index in [1.807, 2.05) is 12.1 Å². The van der Waals surface area contributed by atoms with E-state index >= 15 is 0 Å². The van der Waals surface area contributed by atoms with Crippen LogP contribution in [0.15, 0.2) is 24.3 Å². The van der Waals surface area contributed by atoms with Gasteiger partial charge in [0.05, 0.1) is 32.0 Å². The Labute approximate surface area is 118 Å². The van der Waals surface area contributed by atoms with Crippen LogP contribution in [-0.4, -0.2) is 57.8 Å². The molecule has 0 aromatic heterocycles. The van der Waals surface area contributed by atoms with E-state index < -0.39 is 0 Å². The van der Waals surface area contributed by atoms with Gasteiger partial charge in [-0.2, -0.15) is 0 Å². The van der Waals surface area contributed by atoms with Crippen LogP contribution >= 0.6 is 0 Å². The van der Waals surface area contributed by atoms with Crippen molar-refractivity contribution in [1.82, 2.24) is 0 Å². The maximum atomic E-state index is 5.75. The minimum Gasteiger partial charge on any atom is -0.491 e. The third-order valence-corrected chi connectivity index (χ3v) is 3.67. The first-order valence-electron chi connectivity index (χ1n) is 7.19. The van der Waals surface area contributed by atoms with Crippen LogP contribution in [0.5, 0.6) is 5.75 Å². The average molecular weight is 277 g/mol. The summed E-state index contributed by atoms with van der Waals surface area (Å²) in [6.45, 7) is 5.06. The van der Waals surface area contributed by atoms with Crippen LogP contribution in [0.4, 0.5) is 5.69 Å². The van der Waals surface area contributed by atoms with E-state index in [4.69, 9.17) is 18.9 Å². The molecule has 0 radical (unpaired) electrons. The molecular weight excluding hydrogens is 258 g/mol. The Balaban J connectivity index is 1.43. The molecule has 0 aliphatic carbocycles. The first-order valence-corrected chi connectivity index (χ1v) is 7.19. The van der Waals surface area contributed by atoms with Crippen LogP contribution < -0.4 is 9.64 Å². The molecule has 108 valence electrons. The number of hydrogen-bond donors (Lipinski definition) is 0. The molecule has 4 rings (SSSR count). The van der Waals surface area contributed by atoms with E-state index in [0.29, 0.717) is 18.8 Å². The largest absolute Gasteiger partial charge is 0.491 e. The van der Waals surface area contributed by atoms with Gasteiger partial charge in [0, 0.05) is 24.8 Å². The minimum atomic E-state index is 0.287. The predicted octanol–water partition coefficient (Wildman–Crippen LogP) is 1.07. The van der Waals surface area contributed by atoms with E-state index in [1.165, 1.54) is 5.69 Å². The molecule has 3 fully saturated rings. The lowest BCUT2D eigenvalue weighted by Crippen LogP contribution is -2.31. The molecule has 3 unspecified atom stereocenters. The molecule has 5 heteroatoms. The van der Waals surface area contributed by atoms with E-state index in [-0.39, 0.29) is 6.10 Å². The highest BCUT2D eigenvalue weighted by Gasteiger charge is 2.31. The van der Waals surface area contributed by atoms with Crippen molar-refractivity contribution in [2.45, 2.75) is 18.3 Å². The second kappa shape index (κ2) is 5.24. The molecule has 3 heterocycles. The van der Waals surface area contributed by atoms with Gasteiger partial charge in [0.1, 0.15) is 18.5 Å². The van der Waals surface area contributed by atoms with Crippen molar-refractivity contribution in [3.8, 4) is 5.75 Å². The van der Waals surface area contributed by atoms with E-state index in [0.717, 1.165) is 38.7 Å². The number of benzene rings is 1. The molecule has 0 N–H and O–H groups in total. The van der Waals surface area contributed by atoms with Gasteiger partial charge in [-0.3, -0.25) is 0 Å². The number of rotatable bonds is 8. The summed E-state index contributed by atoms with van der Waals surface area (Å²) in [7, 11) is 0. The summed E-state index contributed by atoms with van der Waals surface area (Å²) in [5, 5.41) is 0. The first kappa shape index (κ1) is 12.4. The van der Waals surface area contributed by atoms with Crippen molar-refractivity contribution in [2.24, 2.45) is 0 Å². The average Bonchev–Trinajstić information content (AvgIpc) is 3.31. The molecule has 3 aliphatic heterocycles. The zero-order valence-corrected chi connectivity index (χ0v) is 11.4. The fourth-order valence-electron chi connectivity index (χ4n) is 2.25. The third-order valence-electron chi connectivity index (χ3n) is 3.67. The van der Waals surface area contributed by atoms with Gasteiger partial charge in [0.15, 0.2) is 0 Å². The topological polar surface area (TPSA) is 50.1 Å². The predicted molar refractivity (Wildman–Crippen MR) is 73.4 cm³/mol. The summed E-state index contributed by atoms with van der Waals surface area (Å²) in [4.78, 5) is 2.33. The molecule has 5 nitrogen and oxygen atoms in total. The van der Waals surface area contributed by atoms with Gasteiger partial charge < -0.3 is 23.8 Å². The van der Waals surface area contributed by atoms with Crippen molar-refractivity contribution in [3.63, 3.8) is 0 Å². The Kier molecular flexibility index (Phi) is 3.26. The zero-order chi connectivity index (χ0) is 13.4. The van der Waals surface area contributed by atoms with Crippen LogP contribution in [0.1, 0.15) is 0 Å². The first-order chi connectivity index (χ1) is 9.87. The molecule has 0 amide bonds. The van der Waals surface area contributed by atoms with E-state index in [9.17, 15) is 0 Å². The standard InChI is InChI=1S/C15H19NO4/c1-2-11(4-12(3-1)17-9-15-10-20-15)16(5-13-7-18-13)6-14-8-19-14/h1-4,13-15H,5-10H2. The van der Waals surface area contributed by atoms with Gasteiger partial charge in [-0.25, -0.2) is 0 Å². The second-order valence-electron chi connectivity index (χ2n) is 5.58. The molecule has 0 bridgehead atoms. The lowest BCUT2D eigenvalue weighted by atomic mass is 10.2. The van der Waals surface area contributed by atoms with Gasteiger partial charge in [-0.1, -0.05) is 6.07 Å². The molecular formula is C15H19NO4. The number of epoxide rings is 3. The van der Waals surface area contributed by atoms with Crippen molar-refractivity contribution in [2.75, 3.05) is 44.4 Å². The van der Waals surface area contributed by atoms with Crippen molar-refractivity contribution in [1.29, 1.82) is 0 Å². The molecule has 3 aliphatic rings. The van der Waals surface area contributed by atoms with Crippen molar-refractivity contribution >= 4 is 5.69 Å². The lowest BCUT2D eigenvalue weighted by molar-refractivity contribution is 0.263. The summed E-state index contributed by atoms with van der Waals surface area (Å²) in [5.41, 5.74) is 1.17. The highest BCUT2D eigenvalue weighted by atomic mass is 16.6. The van der Waals surface area contributed by atoms with Gasteiger partial charge in [0.2, 0.25) is 0 Å². The molecule has 1 aromatic carbocycles. The van der Waals surface area contributed by atoms with Crippen LogP contribution in [0.25, 0.3) is 0 Å². The maximum absolute atomic E-state index is 5.75. The summed E-state index contributed by atoms with van der Waals surface area (Å²) >= 11 is 0. The summed E-state index contributed by atoms with van der Waals surface area (Å²) in [6, 6.07) is 8.23. The number of hydrogen-bond acceptors (Lipinski definition) is 5. The minimum absolute atomic E-state index is 0.287. The van der Waals surface area contributed by atoms with Crippen LogP contribution in [0, 0.1) is 0 Å². The Hall–Kier alpha value is -1.30. The summed E-state index contributed by atoms with van der Waals surface area (Å²) in [6.07, 6.45) is 1.03. The van der Waals surface area contributed by atoms with Crippen LogP contribution in [0.3, 0.4) is 0 Å². The van der Waals surface area contributed by atoms with Crippen molar-refractivity contribution < 1.29 is 18.9 Å². The molecule has 0 saturated carbocycles. The monoisotopic (exact) mass is 277 g/mol. The van der Waals surface area contributed by atoms with E-state index in [2.05, 4.69) is 17.0 Å². The van der Waals surface area contributed by atoms with Gasteiger partial charge >= 0.3 is 0 Å². The normalized spacial score (nSPS) is 29.9. The zero-order valence-electron chi connectivity index (χ0n) is 11.4.